The largest absolute Gasteiger partial charge is 0.328 e. The molecule has 1 aliphatic carbocycles. The van der Waals surface area contributed by atoms with Gasteiger partial charge in [-0.05, 0) is 43.9 Å². The molecule has 1 saturated carbocycles. The van der Waals surface area contributed by atoms with Crippen molar-refractivity contribution in [2.24, 2.45) is 11.7 Å². The van der Waals surface area contributed by atoms with E-state index in [0.29, 0.717) is 0 Å². The summed E-state index contributed by atoms with van der Waals surface area (Å²) in [6.07, 6.45) is 2.73. The van der Waals surface area contributed by atoms with Crippen molar-refractivity contribution < 1.29 is 4.79 Å². The number of aryl methyl sites for hydroxylation is 1. The van der Waals surface area contributed by atoms with E-state index in [1.807, 2.05) is 38.2 Å². The normalized spacial score (nSPS) is 22.4. The summed E-state index contributed by atoms with van der Waals surface area (Å²) in [5.41, 5.74) is 7.99. The molecule has 1 aromatic carbocycles. The molecule has 1 aliphatic rings. The minimum atomic E-state index is 0. The van der Waals surface area contributed by atoms with Crippen LogP contribution < -0.4 is 10.6 Å². The highest BCUT2D eigenvalue weighted by atomic mass is 35.5. The van der Waals surface area contributed by atoms with E-state index in [-0.39, 0.29) is 30.3 Å². The molecule has 0 saturated heterocycles. The molecule has 1 aromatic rings. The third-order valence-electron chi connectivity index (χ3n) is 3.54. The van der Waals surface area contributed by atoms with Crippen molar-refractivity contribution >= 4 is 24.0 Å². The van der Waals surface area contributed by atoms with Crippen LogP contribution in [0.15, 0.2) is 24.3 Å². The average Bonchev–Trinajstić information content (AvgIpc) is 2.74. The van der Waals surface area contributed by atoms with Crippen molar-refractivity contribution in [2.45, 2.75) is 32.2 Å². The summed E-state index contributed by atoms with van der Waals surface area (Å²) in [5, 5.41) is 0. The monoisotopic (exact) mass is 268 g/mol. The van der Waals surface area contributed by atoms with E-state index in [9.17, 15) is 4.79 Å². The lowest BCUT2D eigenvalue weighted by Crippen LogP contribution is -2.32. The topological polar surface area (TPSA) is 46.3 Å². The molecule has 1 amide bonds. The number of nitrogens with zero attached hydrogens (tertiary/aromatic N) is 1. The molecule has 3 nitrogen and oxygen atoms in total. The van der Waals surface area contributed by atoms with Crippen LogP contribution in [0.2, 0.25) is 0 Å². The number of halogens is 1. The fourth-order valence-corrected chi connectivity index (χ4v) is 2.48. The first-order chi connectivity index (χ1) is 8.08. The SMILES string of the molecule is Cc1cccc(N(C)C(=O)C2CCC(N)C2)c1.Cl. The van der Waals surface area contributed by atoms with E-state index in [1.165, 1.54) is 5.56 Å². The van der Waals surface area contributed by atoms with E-state index in [2.05, 4.69) is 0 Å². The van der Waals surface area contributed by atoms with E-state index >= 15 is 0 Å². The molecular weight excluding hydrogens is 248 g/mol. The number of carbonyl (C=O) groups is 1. The van der Waals surface area contributed by atoms with Crippen molar-refractivity contribution in [1.82, 2.24) is 0 Å². The number of benzene rings is 1. The first kappa shape index (κ1) is 15.0. The van der Waals surface area contributed by atoms with Gasteiger partial charge in [0.05, 0.1) is 0 Å². The fourth-order valence-electron chi connectivity index (χ4n) is 2.48. The maximum atomic E-state index is 12.3. The molecular formula is C14H21ClN2O. The number of nitrogens with two attached hydrogens (primary N) is 1. The lowest BCUT2D eigenvalue weighted by atomic mass is 10.1. The van der Waals surface area contributed by atoms with Crippen molar-refractivity contribution in [3.63, 3.8) is 0 Å². The summed E-state index contributed by atoms with van der Waals surface area (Å²) in [5.74, 6) is 0.305. The third-order valence-corrected chi connectivity index (χ3v) is 3.54. The minimum Gasteiger partial charge on any atom is -0.328 e. The van der Waals surface area contributed by atoms with Gasteiger partial charge in [0.15, 0.2) is 0 Å². The lowest BCUT2D eigenvalue weighted by Gasteiger charge is -2.21. The molecule has 0 radical (unpaired) electrons. The van der Waals surface area contributed by atoms with Gasteiger partial charge in [0.2, 0.25) is 5.91 Å². The van der Waals surface area contributed by atoms with Crippen LogP contribution in [0, 0.1) is 12.8 Å². The molecule has 2 unspecified atom stereocenters. The summed E-state index contributed by atoms with van der Waals surface area (Å²) < 4.78 is 0. The van der Waals surface area contributed by atoms with Gasteiger partial charge in [0, 0.05) is 24.7 Å². The Kier molecular flexibility index (Phi) is 5.17. The Morgan fingerprint density at radius 2 is 2.11 bits per heavy atom. The number of amides is 1. The molecule has 4 heteroatoms. The second-order valence-corrected chi connectivity index (χ2v) is 5.01. The number of hydrogen-bond acceptors (Lipinski definition) is 2. The smallest absolute Gasteiger partial charge is 0.229 e. The molecule has 2 N–H and O–H groups in total. The Labute approximate surface area is 115 Å². The molecule has 18 heavy (non-hydrogen) atoms. The molecule has 0 aromatic heterocycles. The van der Waals surface area contributed by atoms with Crippen LogP contribution >= 0.6 is 12.4 Å². The molecule has 1 fully saturated rings. The molecule has 0 spiro atoms. The molecule has 100 valence electrons. The van der Waals surface area contributed by atoms with Crippen LogP contribution in [0.25, 0.3) is 0 Å². The highest BCUT2D eigenvalue weighted by Crippen LogP contribution is 2.27. The lowest BCUT2D eigenvalue weighted by molar-refractivity contribution is -0.121. The number of rotatable bonds is 2. The summed E-state index contributed by atoms with van der Waals surface area (Å²) in [7, 11) is 1.85. The number of anilines is 1. The third kappa shape index (κ3) is 3.24. The Balaban J connectivity index is 0.00000162. The second-order valence-electron chi connectivity index (χ2n) is 5.01. The second kappa shape index (κ2) is 6.21. The molecule has 0 aliphatic heterocycles. The van der Waals surface area contributed by atoms with Gasteiger partial charge >= 0.3 is 0 Å². The van der Waals surface area contributed by atoms with E-state index in [0.717, 1.165) is 24.9 Å². The molecule has 2 atom stereocenters. The van der Waals surface area contributed by atoms with Gasteiger partial charge in [-0.3, -0.25) is 4.79 Å². The predicted octanol–water partition coefficient (Wildman–Crippen LogP) is 2.51. The van der Waals surface area contributed by atoms with Gasteiger partial charge < -0.3 is 10.6 Å². The Bertz CT molecular complexity index is 422. The van der Waals surface area contributed by atoms with Crippen molar-refractivity contribution in [3.8, 4) is 0 Å². The number of hydrogen-bond donors (Lipinski definition) is 1. The summed E-state index contributed by atoms with van der Waals surface area (Å²) in [4.78, 5) is 14.0. The van der Waals surface area contributed by atoms with Gasteiger partial charge in [-0.25, -0.2) is 0 Å². The maximum Gasteiger partial charge on any atom is 0.229 e. The zero-order chi connectivity index (χ0) is 12.4. The van der Waals surface area contributed by atoms with Crippen LogP contribution in [0.4, 0.5) is 5.69 Å². The zero-order valence-electron chi connectivity index (χ0n) is 10.9. The van der Waals surface area contributed by atoms with Gasteiger partial charge in [-0.15, -0.1) is 12.4 Å². The fraction of sp³-hybridized carbons (Fsp3) is 0.500. The zero-order valence-corrected chi connectivity index (χ0v) is 11.7. The Morgan fingerprint density at radius 3 is 2.67 bits per heavy atom. The van der Waals surface area contributed by atoms with Crippen LogP contribution in [0.1, 0.15) is 24.8 Å². The Hall–Kier alpha value is -1.06. The molecule has 2 rings (SSSR count). The molecule has 0 heterocycles. The first-order valence-electron chi connectivity index (χ1n) is 6.17. The van der Waals surface area contributed by atoms with E-state index in [4.69, 9.17) is 5.73 Å². The minimum absolute atomic E-state index is 0. The van der Waals surface area contributed by atoms with Crippen LogP contribution in [-0.2, 0) is 4.79 Å². The average molecular weight is 269 g/mol. The van der Waals surface area contributed by atoms with Crippen LogP contribution in [0.3, 0.4) is 0 Å². The number of carbonyl (C=O) groups excluding carboxylic acids is 1. The summed E-state index contributed by atoms with van der Waals surface area (Å²) in [6, 6.07) is 8.23. The van der Waals surface area contributed by atoms with Crippen molar-refractivity contribution in [3.05, 3.63) is 29.8 Å². The standard InChI is InChI=1S/C14H20N2O.ClH/c1-10-4-3-5-13(8-10)16(2)14(17)11-6-7-12(15)9-11;/h3-5,8,11-12H,6-7,9,15H2,1-2H3;1H. The van der Waals surface area contributed by atoms with E-state index in [1.54, 1.807) is 4.90 Å². The van der Waals surface area contributed by atoms with Gasteiger partial charge in [0.25, 0.3) is 0 Å². The van der Waals surface area contributed by atoms with Gasteiger partial charge in [-0.2, -0.15) is 0 Å². The van der Waals surface area contributed by atoms with Crippen LogP contribution in [0.5, 0.6) is 0 Å². The highest BCUT2D eigenvalue weighted by Gasteiger charge is 2.30. The summed E-state index contributed by atoms with van der Waals surface area (Å²) >= 11 is 0. The van der Waals surface area contributed by atoms with E-state index < -0.39 is 0 Å². The molecule has 0 bridgehead atoms. The highest BCUT2D eigenvalue weighted by molar-refractivity contribution is 5.94. The van der Waals surface area contributed by atoms with Crippen molar-refractivity contribution in [1.29, 1.82) is 0 Å². The quantitative estimate of drug-likeness (QED) is 0.896. The van der Waals surface area contributed by atoms with Gasteiger partial charge in [-0.1, -0.05) is 12.1 Å². The van der Waals surface area contributed by atoms with Crippen molar-refractivity contribution in [2.75, 3.05) is 11.9 Å². The van der Waals surface area contributed by atoms with Crippen LogP contribution in [-0.4, -0.2) is 19.0 Å². The first-order valence-corrected chi connectivity index (χ1v) is 6.17. The Morgan fingerprint density at radius 1 is 1.39 bits per heavy atom. The predicted molar refractivity (Wildman–Crippen MR) is 77.2 cm³/mol. The summed E-state index contributed by atoms with van der Waals surface area (Å²) in [6.45, 7) is 2.04. The van der Waals surface area contributed by atoms with Gasteiger partial charge in [0.1, 0.15) is 0 Å². The maximum absolute atomic E-state index is 12.3.